The molecule has 1 aliphatic carbocycles. The average molecular weight is 488 g/mol. The predicted molar refractivity (Wildman–Crippen MR) is 129 cm³/mol. The molecule has 0 atom stereocenters. The molecule has 2 aliphatic rings. The van der Waals surface area contributed by atoms with Gasteiger partial charge in [0.05, 0.1) is 27.2 Å². The number of benzene rings is 3. The monoisotopic (exact) mass is 488 g/mol. The van der Waals surface area contributed by atoms with E-state index in [4.69, 9.17) is 9.72 Å². The number of hydrogen-bond acceptors (Lipinski definition) is 5. The van der Waals surface area contributed by atoms with E-state index in [1.54, 1.807) is 12.1 Å². The Morgan fingerprint density at radius 1 is 0.971 bits per heavy atom. The van der Waals surface area contributed by atoms with Gasteiger partial charge in [-0.2, -0.15) is 4.39 Å². The van der Waals surface area contributed by atoms with E-state index in [9.17, 15) is 18.0 Å². The summed E-state index contributed by atoms with van der Waals surface area (Å²) in [6, 6.07) is 16.3. The van der Waals surface area contributed by atoms with E-state index in [-0.39, 0.29) is 5.57 Å². The fourth-order valence-electron chi connectivity index (χ4n) is 4.30. The minimum absolute atomic E-state index is 0.164. The second kappa shape index (κ2) is 8.25. The van der Waals surface area contributed by atoms with Crippen LogP contribution >= 0.6 is 11.3 Å². The first-order valence-electron chi connectivity index (χ1n) is 10.7. The number of nitrogens with zero attached hydrogens (tertiary/aromatic N) is 2. The van der Waals surface area contributed by atoms with Crippen LogP contribution in [-0.2, 0) is 4.79 Å². The summed E-state index contributed by atoms with van der Waals surface area (Å²) < 4.78 is 48.3. The number of ether oxygens (including phenoxy) is 1. The van der Waals surface area contributed by atoms with Gasteiger partial charge in [-0.1, -0.05) is 53.8 Å². The molecule has 0 fully saturated rings. The van der Waals surface area contributed by atoms with E-state index in [1.165, 1.54) is 11.3 Å². The van der Waals surface area contributed by atoms with Gasteiger partial charge in [-0.15, -0.1) is 0 Å². The van der Waals surface area contributed by atoms with Crippen molar-refractivity contribution in [2.45, 2.75) is 6.42 Å². The molecular formula is C27H15F3N2O2S. The molecule has 4 aromatic rings. The molecule has 0 unspecified atom stereocenters. The highest BCUT2D eigenvalue weighted by molar-refractivity contribution is 7.22. The van der Waals surface area contributed by atoms with Crippen molar-refractivity contribution in [2.75, 3.05) is 4.90 Å². The zero-order valence-corrected chi connectivity index (χ0v) is 18.8. The number of carbonyl (C=O) groups is 1. The van der Waals surface area contributed by atoms with Crippen LogP contribution in [-0.4, -0.2) is 11.0 Å². The Morgan fingerprint density at radius 2 is 1.74 bits per heavy atom. The third-order valence-corrected chi connectivity index (χ3v) is 6.87. The maximum Gasteiger partial charge on any atom is 0.344 e. The van der Waals surface area contributed by atoms with Crippen molar-refractivity contribution in [3.05, 3.63) is 113 Å². The highest BCUT2D eigenvalue weighted by Crippen LogP contribution is 2.48. The van der Waals surface area contributed by atoms with E-state index < -0.39 is 29.2 Å². The standard InChI is InChI=1S/C27H15F3N2O2S/c28-17-13-14-18(29)25(24(17)30)34-26(33)23-15-7-1-4-10-20(15)32(21-11-5-2-8-16(21)23)27-31-19-9-3-6-12-22(19)35-27/h1-7,9-14H,8H2. The Hall–Kier alpha value is -4.17. The van der Waals surface area contributed by atoms with Gasteiger partial charge in [0.15, 0.2) is 16.8 Å². The maximum absolute atomic E-state index is 14.3. The van der Waals surface area contributed by atoms with E-state index in [0.717, 1.165) is 16.3 Å². The molecule has 0 amide bonds. The quantitative estimate of drug-likeness (QED) is 0.176. The van der Waals surface area contributed by atoms with Crippen LogP contribution in [0.15, 0.2) is 90.2 Å². The van der Waals surface area contributed by atoms with E-state index in [2.05, 4.69) is 0 Å². The summed E-state index contributed by atoms with van der Waals surface area (Å²) in [7, 11) is 0. The van der Waals surface area contributed by atoms with Crippen LogP contribution in [0.2, 0.25) is 0 Å². The lowest BCUT2D eigenvalue weighted by molar-refractivity contribution is -0.128. The van der Waals surface area contributed by atoms with Gasteiger partial charge in [-0.3, -0.25) is 4.90 Å². The van der Waals surface area contributed by atoms with E-state index >= 15 is 0 Å². The number of rotatable bonds is 3. The summed E-state index contributed by atoms with van der Waals surface area (Å²) in [4.78, 5) is 20.1. The van der Waals surface area contributed by atoms with Gasteiger partial charge < -0.3 is 4.74 Å². The third kappa shape index (κ3) is 3.45. The SMILES string of the molecule is O=C(Oc1c(F)ccc(F)c1F)C1=C2CC=CC=C2N(c2nc3ccccc3s2)c2ccccc21. The molecule has 0 N–H and O–H groups in total. The summed E-state index contributed by atoms with van der Waals surface area (Å²) in [5.41, 5.74) is 3.53. The van der Waals surface area contributed by atoms with Crippen LogP contribution in [0.1, 0.15) is 12.0 Å². The van der Waals surface area contributed by atoms with E-state index in [1.807, 2.05) is 59.5 Å². The summed E-state index contributed by atoms with van der Waals surface area (Å²) in [6.45, 7) is 0. The largest absolute Gasteiger partial charge is 0.416 e. The second-order valence-corrected chi connectivity index (χ2v) is 8.93. The van der Waals surface area contributed by atoms with Crippen LogP contribution < -0.4 is 9.64 Å². The van der Waals surface area contributed by atoms with Crippen LogP contribution in [0.25, 0.3) is 15.8 Å². The molecule has 0 bridgehead atoms. The summed E-state index contributed by atoms with van der Waals surface area (Å²) in [5.74, 6) is -6.06. The minimum atomic E-state index is -1.55. The van der Waals surface area contributed by atoms with Crippen molar-refractivity contribution < 1.29 is 22.7 Å². The predicted octanol–water partition coefficient (Wildman–Crippen LogP) is 7.07. The lowest BCUT2D eigenvalue weighted by Gasteiger charge is -2.35. The third-order valence-electron chi connectivity index (χ3n) is 5.85. The zero-order chi connectivity index (χ0) is 24.1. The lowest BCUT2D eigenvalue weighted by Crippen LogP contribution is -2.28. The van der Waals surface area contributed by atoms with E-state index in [0.29, 0.717) is 40.1 Å². The number of allylic oxidation sites excluding steroid dienone is 4. The van der Waals surface area contributed by atoms with Gasteiger partial charge >= 0.3 is 5.97 Å². The zero-order valence-electron chi connectivity index (χ0n) is 18.0. The minimum Gasteiger partial charge on any atom is -0.416 e. The normalized spacial score (nSPS) is 14.6. The molecular weight excluding hydrogens is 473 g/mol. The first-order valence-corrected chi connectivity index (χ1v) is 11.6. The second-order valence-electron chi connectivity index (χ2n) is 7.92. The average Bonchev–Trinajstić information content (AvgIpc) is 3.31. The highest BCUT2D eigenvalue weighted by Gasteiger charge is 2.36. The molecule has 8 heteroatoms. The molecule has 0 saturated heterocycles. The summed E-state index contributed by atoms with van der Waals surface area (Å²) in [6.07, 6.45) is 6.00. The Kier molecular flexibility index (Phi) is 5.04. The molecule has 172 valence electrons. The number of thiazole rings is 1. The Bertz CT molecular complexity index is 1590. The Morgan fingerprint density at radius 3 is 2.60 bits per heavy atom. The summed E-state index contributed by atoms with van der Waals surface area (Å²) >= 11 is 1.51. The molecule has 2 heterocycles. The van der Waals surface area contributed by atoms with Gasteiger partial charge in [0.1, 0.15) is 0 Å². The number of carbonyl (C=O) groups excluding carboxylic acids is 1. The lowest BCUT2D eigenvalue weighted by atomic mass is 9.87. The molecule has 3 aromatic carbocycles. The van der Waals surface area contributed by atoms with Crippen molar-refractivity contribution in [1.29, 1.82) is 0 Å². The molecule has 6 rings (SSSR count). The number of anilines is 2. The van der Waals surface area contributed by atoms with Gasteiger partial charge in [0.2, 0.25) is 11.6 Å². The molecule has 35 heavy (non-hydrogen) atoms. The van der Waals surface area contributed by atoms with Gasteiger partial charge in [-0.05, 0) is 48.4 Å². The van der Waals surface area contributed by atoms with Crippen LogP contribution in [0.3, 0.4) is 0 Å². The fourth-order valence-corrected chi connectivity index (χ4v) is 5.30. The highest BCUT2D eigenvalue weighted by atomic mass is 32.1. The topological polar surface area (TPSA) is 42.4 Å². The number of hydrogen-bond donors (Lipinski definition) is 0. The smallest absolute Gasteiger partial charge is 0.344 e. The van der Waals surface area contributed by atoms with Gasteiger partial charge in [0, 0.05) is 5.56 Å². The maximum atomic E-state index is 14.3. The van der Waals surface area contributed by atoms with Crippen molar-refractivity contribution in [3.63, 3.8) is 0 Å². The van der Waals surface area contributed by atoms with Gasteiger partial charge in [-0.25, -0.2) is 18.6 Å². The first-order chi connectivity index (χ1) is 17.0. The molecule has 1 aliphatic heterocycles. The molecule has 0 saturated carbocycles. The molecule has 1 aromatic heterocycles. The fraction of sp³-hybridized carbons (Fsp3) is 0.0370. The van der Waals surface area contributed by atoms with Crippen molar-refractivity contribution in [1.82, 2.24) is 4.98 Å². The Labute approximate surface area is 201 Å². The van der Waals surface area contributed by atoms with Gasteiger partial charge in [0.25, 0.3) is 0 Å². The Balaban J connectivity index is 1.52. The van der Waals surface area contributed by atoms with Crippen molar-refractivity contribution in [2.24, 2.45) is 0 Å². The van der Waals surface area contributed by atoms with Crippen LogP contribution in [0.4, 0.5) is 24.0 Å². The first kappa shape index (κ1) is 21.4. The number of fused-ring (bicyclic) bond motifs is 3. The summed E-state index contributed by atoms with van der Waals surface area (Å²) in [5, 5.41) is 0.715. The number of esters is 1. The van der Waals surface area contributed by atoms with Crippen molar-refractivity contribution >= 4 is 43.9 Å². The number of halogens is 3. The van der Waals surface area contributed by atoms with Crippen LogP contribution in [0.5, 0.6) is 5.75 Å². The molecule has 4 nitrogen and oxygen atoms in total. The number of para-hydroxylation sites is 2. The number of aromatic nitrogens is 1. The molecule has 0 radical (unpaired) electrons. The van der Waals surface area contributed by atoms with Crippen molar-refractivity contribution in [3.8, 4) is 5.75 Å². The van der Waals surface area contributed by atoms with Crippen LogP contribution in [0, 0.1) is 17.5 Å². The molecule has 0 spiro atoms.